The second kappa shape index (κ2) is 10.9. The molecule has 8 nitrogen and oxygen atoms in total. The quantitative estimate of drug-likeness (QED) is 0.139. The van der Waals surface area contributed by atoms with Gasteiger partial charge in [0.2, 0.25) is 0 Å². The Morgan fingerprint density at radius 2 is 1.58 bits per heavy atom. The second-order valence-corrected chi connectivity index (χ2v) is 7.48. The summed E-state index contributed by atoms with van der Waals surface area (Å²) in [6.45, 7) is 0. The highest BCUT2D eigenvalue weighted by Gasteiger charge is 2.15. The Kier molecular flexibility index (Phi) is 7.30. The van der Waals surface area contributed by atoms with Crippen LogP contribution in [0.2, 0.25) is 0 Å². The zero-order valence-electron chi connectivity index (χ0n) is 19.0. The summed E-state index contributed by atoms with van der Waals surface area (Å²) in [6.07, 6.45) is 1.29. The fourth-order valence-corrected chi connectivity index (χ4v) is 3.31. The number of anilines is 1. The monoisotopic (exact) mass is 485 g/mol. The number of esters is 1. The van der Waals surface area contributed by atoms with E-state index in [9.17, 15) is 18.8 Å². The number of methoxy groups -OCH3 is 1. The van der Waals surface area contributed by atoms with Crippen LogP contribution in [-0.2, 0) is 9.59 Å². The molecule has 4 rings (SSSR count). The number of fused-ring (bicyclic) bond motifs is 1. The molecule has 4 aromatic carbocycles. The molecule has 0 aliphatic heterocycles. The van der Waals surface area contributed by atoms with Crippen molar-refractivity contribution in [3.05, 3.63) is 102 Å². The highest BCUT2D eigenvalue weighted by Crippen LogP contribution is 2.27. The minimum Gasteiger partial charge on any atom is -0.497 e. The van der Waals surface area contributed by atoms with Crippen LogP contribution < -0.4 is 20.2 Å². The van der Waals surface area contributed by atoms with Crippen LogP contribution in [0.5, 0.6) is 11.5 Å². The molecule has 2 N–H and O–H groups in total. The van der Waals surface area contributed by atoms with Gasteiger partial charge in [-0.3, -0.25) is 9.59 Å². The number of nitrogens with zero attached hydrogens (tertiary/aromatic N) is 1. The second-order valence-electron chi connectivity index (χ2n) is 7.48. The van der Waals surface area contributed by atoms with E-state index in [1.165, 1.54) is 25.5 Å². The third kappa shape index (κ3) is 5.71. The van der Waals surface area contributed by atoms with Gasteiger partial charge in [-0.25, -0.2) is 14.6 Å². The summed E-state index contributed by atoms with van der Waals surface area (Å²) in [5.41, 5.74) is 3.14. The standard InChI is InChI=1S/C27H20FN3O5/c1-35-21-13-6-18(7-14-21)27(34)36-24-15-8-17-4-2-3-5-22(17)23(24)16-29-31-26(33)25(32)30-20-11-9-19(28)10-12-20/h2-16H,1H3,(H,30,32)(H,31,33)/b29-16+. The molecule has 0 fully saturated rings. The molecule has 36 heavy (non-hydrogen) atoms. The van der Waals surface area contributed by atoms with Crippen LogP contribution in [-0.4, -0.2) is 31.1 Å². The van der Waals surface area contributed by atoms with E-state index in [0.29, 0.717) is 22.3 Å². The topological polar surface area (TPSA) is 106 Å². The van der Waals surface area contributed by atoms with Gasteiger partial charge in [0.25, 0.3) is 0 Å². The molecule has 0 saturated carbocycles. The number of hydrogen-bond donors (Lipinski definition) is 2. The van der Waals surface area contributed by atoms with E-state index in [-0.39, 0.29) is 11.4 Å². The molecule has 0 aliphatic rings. The average Bonchev–Trinajstić information content (AvgIpc) is 2.90. The van der Waals surface area contributed by atoms with Gasteiger partial charge in [-0.2, -0.15) is 5.10 Å². The number of nitrogens with one attached hydrogen (secondary N) is 2. The van der Waals surface area contributed by atoms with Gasteiger partial charge in [0.15, 0.2) is 0 Å². The molecule has 0 heterocycles. The molecule has 0 spiro atoms. The molecule has 4 aromatic rings. The van der Waals surface area contributed by atoms with Crippen molar-refractivity contribution in [2.24, 2.45) is 5.10 Å². The highest BCUT2D eigenvalue weighted by molar-refractivity contribution is 6.39. The van der Waals surface area contributed by atoms with Gasteiger partial charge < -0.3 is 14.8 Å². The number of carbonyl (C=O) groups excluding carboxylic acids is 3. The van der Waals surface area contributed by atoms with Crippen LogP contribution in [0.4, 0.5) is 10.1 Å². The van der Waals surface area contributed by atoms with E-state index in [1.54, 1.807) is 36.4 Å². The molecule has 9 heteroatoms. The molecule has 2 amide bonds. The molecular weight excluding hydrogens is 465 g/mol. The van der Waals surface area contributed by atoms with Gasteiger partial charge in [-0.1, -0.05) is 30.3 Å². The molecule has 0 aromatic heterocycles. The first-order valence-electron chi connectivity index (χ1n) is 10.7. The fraction of sp³-hybridized carbons (Fsp3) is 0.0370. The normalized spacial score (nSPS) is 10.7. The number of hydrogen-bond acceptors (Lipinski definition) is 6. The third-order valence-electron chi connectivity index (χ3n) is 5.13. The van der Waals surface area contributed by atoms with Gasteiger partial charge in [-0.05, 0) is 65.4 Å². The summed E-state index contributed by atoms with van der Waals surface area (Å²) < 4.78 is 23.7. The number of ether oxygens (including phenoxy) is 2. The smallest absolute Gasteiger partial charge is 0.343 e. The summed E-state index contributed by atoms with van der Waals surface area (Å²) in [5.74, 6) is -2.27. The predicted molar refractivity (Wildman–Crippen MR) is 133 cm³/mol. The number of rotatable bonds is 6. The van der Waals surface area contributed by atoms with Crippen LogP contribution in [0.15, 0.2) is 90.0 Å². The number of benzene rings is 4. The van der Waals surface area contributed by atoms with Crippen molar-refractivity contribution in [1.29, 1.82) is 0 Å². The van der Waals surface area contributed by atoms with Crippen molar-refractivity contribution in [2.45, 2.75) is 0 Å². The van der Waals surface area contributed by atoms with E-state index in [0.717, 1.165) is 17.5 Å². The number of amides is 2. The Balaban J connectivity index is 1.52. The first-order valence-corrected chi connectivity index (χ1v) is 10.7. The van der Waals surface area contributed by atoms with Gasteiger partial charge in [0.1, 0.15) is 17.3 Å². The third-order valence-corrected chi connectivity index (χ3v) is 5.13. The minimum atomic E-state index is -1.03. The van der Waals surface area contributed by atoms with Crippen LogP contribution >= 0.6 is 0 Å². The Hall–Kier alpha value is -5.05. The van der Waals surface area contributed by atoms with E-state index >= 15 is 0 Å². The summed E-state index contributed by atoms with van der Waals surface area (Å²) in [5, 5.41) is 7.78. The van der Waals surface area contributed by atoms with Gasteiger partial charge >= 0.3 is 17.8 Å². The Morgan fingerprint density at radius 3 is 2.31 bits per heavy atom. The Labute approximate surface area is 205 Å². The number of hydrazone groups is 1. The van der Waals surface area contributed by atoms with Crippen LogP contribution in [0.25, 0.3) is 10.8 Å². The SMILES string of the molecule is COc1ccc(C(=O)Oc2ccc3ccccc3c2/C=N/NC(=O)C(=O)Nc2ccc(F)cc2)cc1. The van der Waals surface area contributed by atoms with Crippen molar-refractivity contribution >= 4 is 40.5 Å². The zero-order chi connectivity index (χ0) is 25.5. The molecule has 0 radical (unpaired) electrons. The Bertz CT molecular complexity index is 1450. The molecule has 0 bridgehead atoms. The van der Waals surface area contributed by atoms with Crippen molar-refractivity contribution in [3.8, 4) is 11.5 Å². The molecule has 0 saturated heterocycles. The molecule has 0 unspecified atom stereocenters. The highest BCUT2D eigenvalue weighted by atomic mass is 19.1. The Morgan fingerprint density at radius 1 is 0.861 bits per heavy atom. The maximum atomic E-state index is 13.0. The lowest BCUT2D eigenvalue weighted by atomic mass is 10.0. The summed E-state index contributed by atoms with van der Waals surface area (Å²) in [6, 6.07) is 22.2. The van der Waals surface area contributed by atoms with Gasteiger partial charge in [0, 0.05) is 11.3 Å². The number of halogens is 1. The van der Waals surface area contributed by atoms with E-state index < -0.39 is 23.6 Å². The van der Waals surface area contributed by atoms with Crippen molar-refractivity contribution < 1.29 is 28.2 Å². The van der Waals surface area contributed by atoms with Crippen molar-refractivity contribution in [3.63, 3.8) is 0 Å². The first-order chi connectivity index (χ1) is 17.4. The maximum Gasteiger partial charge on any atom is 0.343 e. The van der Waals surface area contributed by atoms with Crippen LogP contribution in [0.1, 0.15) is 15.9 Å². The van der Waals surface area contributed by atoms with Crippen molar-refractivity contribution in [1.82, 2.24) is 5.43 Å². The maximum absolute atomic E-state index is 13.0. The largest absolute Gasteiger partial charge is 0.497 e. The zero-order valence-corrected chi connectivity index (χ0v) is 19.0. The lowest BCUT2D eigenvalue weighted by Gasteiger charge is -2.11. The lowest BCUT2D eigenvalue weighted by Crippen LogP contribution is -2.32. The van der Waals surface area contributed by atoms with Gasteiger partial charge in [-0.15, -0.1) is 0 Å². The fourth-order valence-electron chi connectivity index (χ4n) is 3.31. The summed E-state index contributed by atoms with van der Waals surface area (Å²) in [4.78, 5) is 37.0. The first kappa shape index (κ1) is 24.1. The molecule has 180 valence electrons. The summed E-state index contributed by atoms with van der Waals surface area (Å²) >= 11 is 0. The van der Waals surface area contributed by atoms with Gasteiger partial charge in [0.05, 0.1) is 18.9 Å². The predicted octanol–water partition coefficient (Wildman–Crippen LogP) is 4.30. The molecule has 0 aliphatic carbocycles. The summed E-state index contributed by atoms with van der Waals surface area (Å²) in [7, 11) is 1.53. The minimum absolute atomic E-state index is 0.211. The average molecular weight is 485 g/mol. The molecular formula is C27H20FN3O5. The van der Waals surface area contributed by atoms with E-state index in [4.69, 9.17) is 9.47 Å². The van der Waals surface area contributed by atoms with E-state index in [1.807, 2.05) is 24.3 Å². The lowest BCUT2D eigenvalue weighted by molar-refractivity contribution is -0.136. The van der Waals surface area contributed by atoms with Crippen LogP contribution in [0.3, 0.4) is 0 Å². The molecule has 0 atom stereocenters. The van der Waals surface area contributed by atoms with E-state index in [2.05, 4.69) is 15.8 Å². The van der Waals surface area contributed by atoms with Crippen LogP contribution in [0, 0.1) is 5.82 Å². The van der Waals surface area contributed by atoms with Crippen molar-refractivity contribution in [2.75, 3.05) is 12.4 Å². The number of carbonyl (C=O) groups is 3.